The molecule has 118 valence electrons. The first-order valence-corrected chi connectivity index (χ1v) is 7.44. The molecule has 1 aromatic carbocycles. The molecular formula is C18H17FN2O2. The molecule has 0 fully saturated rings. The Kier molecular flexibility index (Phi) is 3.64. The number of halogens is 1. The first kappa shape index (κ1) is 15.2. The van der Waals surface area contributed by atoms with Gasteiger partial charge in [-0.3, -0.25) is 14.2 Å². The van der Waals surface area contributed by atoms with Crippen molar-refractivity contribution in [3.05, 3.63) is 74.3 Å². The fourth-order valence-electron chi connectivity index (χ4n) is 2.88. The van der Waals surface area contributed by atoms with Gasteiger partial charge < -0.3 is 4.98 Å². The van der Waals surface area contributed by atoms with E-state index in [0.717, 1.165) is 4.57 Å². The molecule has 0 saturated heterocycles. The van der Waals surface area contributed by atoms with Gasteiger partial charge in [0.2, 0.25) is 11.5 Å². The third-order valence-electron chi connectivity index (χ3n) is 3.99. The lowest BCUT2D eigenvalue weighted by atomic mass is 9.97. The molecule has 0 radical (unpaired) electrons. The summed E-state index contributed by atoms with van der Waals surface area (Å²) in [6.07, 6.45) is 1.48. The highest BCUT2D eigenvalue weighted by atomic mass is 19.1. The van der Waals surface area contributed by atoms with E-state index in [4.69, 9.17) is 0 Å². The third-order valence-corrected chi connectivity index (χ3v) is 3.99. The van der Waals surface area contributed by atoms with Gasteiger partial charge in [0.25, 0.3) is 5.56 Å². The zero-order chi connectivity index (χ0) is 16.7. The lowest BCUT2D eigenvalue weighted by Gasteiger charge is -2.17. The summed E-state index contributed by atoms with van der Waals surface area (Å²) in [5.41, 5.74) is 0.520. The Hall–Kier alpha value is -2.69. The molecule has 1 N–H and O–H groups in total. The van der Waals surface area contributed by atoms with Gasteiger partial charge >= 0.3 is 0 Å². The van der Waals surface area contributed by atoms with E-state index >= 15 is 4.39 Å². The van der Waals surface area contributed by atoms with Gasteiger partial charge in [0, 0.05) is 23.2 Å². The standard InChI is InChI=1S/C18H17FN2O2/c1-10(2)16-12-6-4-5-7-13(12)18(23)21(17(16)19)14-8-15(22)20-9-11(14)3/h4-10H,1-3H3,(H,20,22). The first-order valence-electron chi connectivity index (χ1n) is 7.44. The molecule has 0 bridgehead atoms. The predicted molar refractivity (Wildman–Crippen MR) is 88.9 cm³/mol. The minimum atomic E-state index is -0.614. The molecule has 0 aliphatic rings. The van der Waals surface area contributed by atoms with Crippen LogP contribution in [0.1, 0.15) is 30.9 Å². The van der Waals surface area contributed by atoms with Gasteiger partial charge in [-0.2, -0.15) is 4.39 Å². The van der Waals surface area contributed by atoms with Crippen molar-refractivity contribution in [1.29, 1.82) is 0 Å². The van der Waals surface area contributed by atoms with Crippen LogP contribution in [-0.4, -0.2) is 9.55 Å². The average molecular weight is 312 g/mol. The predicted octanol–water partition coefficient (Wildman–Crippen LogP) is 3.25. The number of aromatic nitrogens is 2. The number of H-pyrrole nitrogens is 1. The van der Waals surface area contributed by atoms with E-state index in [-0.39, 0.29) is 17.2 Å². The Balaban J connectivity index is 2.54. The number of hydrogen-bond donors (Lipinski definition) is 1. The summed E-state index contributed by atoms with van der Waals surface area (Å²) in [5, 5.41) is 1.06. The van der Waals surface area contributed by atoms with E-state index in [2.05, 4.69) is 4.98 Å². The number of fused-ring (bicyclic) bond motifs is 1. The molecule has 0 spiro atoms. The average Bonchev–Trinajstić information content (AvgIpc) is 2.50. The van der Waals surface area contributed by atoms with Gasteiger partial charge in [0.15, 0.2) is 0 Å². The number of pyridine rings is 2. The zero-order valence-corrected chi connectivity index (χ0v) is 13.2. The molecule has 0 aliphatic carbocycles. The first-order chi connectivity index (χ1) is 10.9. The minimum Gasteiger partial charge on any atom is -0.329 e. The minimum absolute atomic E-state index is 0.103. The largest absolute Gasteiger partial charge is 0.329 e. The molecule has 3 rings (SSSR count). The zero-order valence-electron chi connectivity index (χ0n) is 13.2. The van der Waals surface area contributed by atoms with E-state index < -0.39 is 11.5 Å². The van der Waals surface area contributed by atoms with Crippen LogP contribution in [0.2, 0.25) is 0 Å². The highest BCUT2D eigenvalue weighted by Crippen LogP contribution is 2.27. The van der Waals surface area contributed by atoms with Crippen LogP contribution in [0.4, 0.5) is 4.39 Å². The summed E-state index contributed by atoms with van der Waals surface area (Å²) in [4.78, 5) is 27.0. The van der Waals surface area contributed by atoms with Crippen molar-refractivity contribution >= 4 is 10.8 Å². The van der Waals surface area contributed by atoms with Crippen LogP contribution >= 0.6 is 0 Å². The highest BCUT2D eigenvalue weighted by Gasteiger charge is 2.20. The van der Waals surface area contributed by atoms with Crippen molar-refractivity contribution in [2.24, 2.45) is 0 Å². The molecule has 0 atom stereocenters. The number of aryl methyl sites for hydroxylation is 1. The topological polar surface area (TPSA) is 54.9 Å². The number of nitrogens with zero attached hydrogens (tertiary/aromatic N) is 1. The van der Waals surface area contributed by atoms with Gasteiger partial charge in [-0.05, 0) is 29.9 Å². The second-order valence-electron chi connectivity index (χ2n) is 5.91. The number of nitrogens with one attached hydrogen (secondary N) is 1. The molecule has 0 saturated carbocycles. The Bertz CT molecular complexity index is 1020. The van der Waals surface area contributed by atoms with Crippen LogP contribution in [0.15, 0.2) is 46.1 Å². The SMILES string of the molecule is Cc1c[nH]c(=O)cc1-n1c(F)c(C(C)C)c2ccccc2c1=O. The van der Waals surface area contributed by atoms with Crippen LogP contribution in [0.3, 0.4) is 0 Å². The van der Waals surface area contributed by atoms with E-state index in [1.807, 2.05) is 13.8 Å². The second-order valence-corrected chi connectivity index (χ2v) is 5.91. The Morgan fingerprint density at radius 1 is 1.13 bits per heavy atom. The maximum absolute atomic E-state index is 15.2. The third kappa shape index (κ3) is 2.38. The Labute approximate surface area is 132 Å². The normalized spacial score (nSPS) is 11.3. The lowest BCUT2D eigenvalue weighted by Crippen LogP contribution is -2.26. The van der Waals surface area contributed by atoms with Crippen molar-refractivity contribution in [3.8, 4) is 5.69 Å². The van der Waals surface area contributed by atoms with Crippen molar-refractivity contribution < 1.29 is 4.39 Å². The number of benzene rings is 1. The maximum atomic E-state index is 15.2. The van der Waals surface area contributed by atoms with Gasteiger partial charge in [0.1, 0.15) is 0 Å². The van der Waals surface area contributed by atoms with Crippen LogP contribution in [0, 0.1) is 12.9 Å². The van der Waals surface area contributed by atoms with Gasteiger partial charge in [-0.1, -0.05) is 32.0 Å². The fourth-order valence-corrected chi connectivity index (χ4v) is 2.88. The lowest BCUT2D eigenvalue weighted by molar-refractivity contribution is 0.523. The van der Waals surface area contributed by atoms with Gasteiger partial charge in [-0.15, -0.1) is 0 Å². The fraction of sp³-hybridized carbons (Fsp3) is 0.222. The van der Waals surface area contributed by atoms with Gasteiger partial charge in [0.05, 0.1) is 5.69 Å². The van der Waals surface area contributed by atoms with Crippen molar-refractivity contribution in [3.63, 3.8) is 0 Å². The molecule has 2 heterocycles. The maximum Gasteiger partial charge on any atom is 0.265 e. The summed E-state index contributed by atoms with van der Waals surface area (Å²) in [5.74, 6) is -0.716. The molecule has 2 aromatic heterocycles. The van der Waals surface area contributed by atoms with E-state index in [1.165, 1.54) is 12.3 Å². The Morgan fingerprint density at radius 2 is 1.78 bits per heavy atom. The number of aromatic amines is 1. The van der Waals surface area contributed by atoms with Gasteiger partial charge in [-0.25, -0.2) is 0 Å². The smallest absolute Gasteiger partial charge is 0.265 e. The summed E-state index contributed by atoms with van der Waals surface area (Å²) in [7, 11) is 0. The summed E-state index contributed by atoms with van der Waals surface area (Å²) in [6, 6.07) is 8.22. The molecule has 0 amide bonds. The van der Waals surface area contributed by atoms with Crippen LogP contribution in [-0.2, 0) is 0 Å². The summed E-state index contributed by atoms with van der Waals surface area (Å²) >= 11 is 0. The quantitative estimate of drug-likeness (QED) is 0.739. The monoisotopic (exact) mass is 312 g/mol. The molecule has 3 aromatic rings. The van der Waals surface area contributed by atoms with Crippen LogP contribution < -0.4 is 11.1 Å². The molecule has 5 heteroatoms. The van der Waals surface area contributed by atoms with E-state index in [1.54, 1.807) is 31.2 Å². The molecular weight excluding hydrogens is 295 g/mol. The van der Waals surface area contributed by atoms with Crippen molar-refractivity contribution in [2.45, 2.75) is 26.7 Å². The molecule has 23 heavy (non-hydrogen) atoms. The summed E-state index contributed by atoms with van der Waals surface area (Å²) < 4.78 is 16.2. The highest BCUT2D eigenvalue weighted by molar-refractivity contribution is 5.85. The molecule has 0 unspecified atom stereocenters. The van der Waals surface area contributed by atoms with E-state index in [9.17, 15) is 9.59 Å². The van der Waals surface area contributed by atoms with Crippen molar-refractivity contribution in [2.75, 3.05) is 0 Å². The molecule has 0 aliphatic heterocycles. The second kappa shape index (κ2) is 5.50. The number of rotatable bonds is 2. The van der Waals surface area contributed by atoms with Crippen molar-refractivity contribution in [1.82, 2.24) is 9.55 Å². The number of hydrogen-bond acceptors (Lipinski definition) is 2. The van der Waals surface area contributed by atoms with Crippen LogP contribution in [0.25, 0.3) is 16.5 Å². The summed E-state index contributed by atoms with van der Waals surface area (Å²) in [6.45, 7) is 5.48. The van der Waals surface area contributed by atoms with Crippen LogP contribution in [0.5, 0.6) is 0 Å². The molecule has 4 nitrogen and oxygen atoms in total. The van der Waals surface area contributed by atoms with E-state index in [0.29, 0.717) is 21.9 Å². The Morgan fingerprint density at radius 3 is 2.43 bits per heavy atom.